The summed E-state index contributed by atoms with van der Waals surface area (Å²) < 4.78 is 10.5. The molecule has 1 amide bonds. The number of H-pyrrole nitrogens is 1. The molecule has 0 aliphatic carbocycles. The fraction of sp³-hybridized carbons (Fsp3) is 0.240. The van der Waals surface area contributed by atoms with Crippen LogP contribution in [0.4, 0.5) is 0 Å². The molecule has 0 radical (unpaired) electrons. The number of aliphatic carboxylic acids is 1. The molecule has 1 atom stereocenters. The summed E-state index contributed by atoms with van der Waals surface area (Å²) in [5, 5.41) is 25.3. The number of hydrogen-bond donors (Lipinski definition) is 3. The van der Waals surface area contributed by atoms with Gasteiger partial charge in [-0.15, -0.1) is 0 Å². The van der Waals surface area contributed by atoms with Crippen molar-refractivity contribution in [2.24, 2.45) is 0 Å². The van der Waals surface area contributed by atoms with E-state index in [4.69, 9.17) is 9.15 Å². The summed E-state index contributed by atoms with van der Waals surface area (Å²) in [6, 6.07) is 8.58. The predicted molar refractivity (Wildman–Crippen MR) is 123 cm³/mol. The molecule has 9 nitrogen and oxygen atoms in total. The molecule has 4 aromatic rings. The van der Waals surface area contributed by atoms with Gasteiger partial charge in [-0.2, -0.15) is 0 Å². The summed E-state index contributed by atoms with van der Waals surface area (Å²) in [5.41, 5.74) is 2.22. The molecule has 2 aromatic carbocycles. The maximum absolute atomic E-state index is 12.5. The summed E-state index contributed by atoms with van der Waals surface area (Å²) in [6.07, 6.45) is 1.58. The quantitative estimate of drug-likeness (QED) is 0.337. The fourth-order valence-electron chi connectivity index (χ4n) is 4.04. The van der Waals surface area contributed by atoms with Crippen molar-refractivity contribution in [2.75, 3.05) is 7.11 Å². The summed E-state index contributed by atoms with van der Waals surface area (Å²) in [6.45, 7) is 1.77. The van der Waals surface area contributed by atoms with Gasteiger partial charge in [0.25, 0.3) is 0 Å². The van der Waals surface area contributed by atoms with E-state index in [1.165, 1.54) is 19.2 Å². The van der Waals surface area contributed by atoms with Crippen molar-refractivity contribution in [1.29, 1.82) is 0 Å². The van der Waals surface area contributed by atoms with Gasteiger partial charge in [-0.3, -0.25) is 4.79 Å². The smallest absolute Gasteiger partial charge is 0.339 e. The third-order valence-electron chi connectivity index (χ3n) is 5.89. The number of amides is 1. The fourth-order valence-corrected chi connectivity index (χ4v) is 4.04. The second-order valence-corrected chi connectivity index (χ2v) is 8.04. The van der Waals surface area contributed by atoms with Crippen LogP contribution < -0.4 is 20.8 Å². The van der Waals surface area contributed by atoms with E-state index in [2.05, 4.69) is 10.3 Å². The number of hydrogen-bond acceptors (Lipinski definition) is 7. The Labute approximate surface area is 194 Å². The highest BCUT2D eigenvalue weighted by Crippen LogP contribution is 2.25. The van der Waals surface area contributed by atoms with Crippen molar-refractivity contribution < 1.29 is 29.0 Å². The number of carbonyl (C=O) groups excluding carboxylic acids is 2. The van der Waals surface area contributed by atoms with Crippen LogP contribution in [0, 0.1) is 6.92 Å². The standard InChI is InChI=1S/C25H24N2O7/c1-13-17-5-4-16(33-2)11-22(17)34-25(32)18(13)6-8-23(29)27-21(24(30)31)9-14-12-26-20-7-3-15(28)10-19(14)20/h3-5,7,10-12,21,26,28H,6,8-9H2,1-2H3,(H,27,29)(H,30,31)/p-1/t21-/m1/s1. The molecule has 0 saturated heterocycles. The zero-order chi connectivity index (χ0) is 24.4. The maximum Gasteiger partial charge on any atom is 0.339 e. The van der Waals surface area contributed by atoms with Gasteiger partial charge >= 0.3 is 5.63 Å². The first kappa shape index (κ1) is 22.9. The van der Waals surface area contributed by atoms with E-state index in [1.807, 2.05) is 0 Å². The van der Waals surface area contributed by atoms with E-state index in [0.29, 0.717) is 33.4 Å². The lowest BCUT2D eigenvalue weighted by atomic mass is 10.0. The van der Waals surface area contributed by atoms with E-state index >= 15 is 0 Å². The first-order valence-corrected chi connectivity index (χ1v) is 10.7. The Bertz CT molecular complexity index is 1450. The van der Waals surface area contributed by atoms with Gasteiger partial charge in [-0.05, 0) is 54.8 Å². The number of carboxylic acids is 1. The minimum Gasteiger partial charge on any atom is -0.548 e. The first-order chi connectivity index (χ1) is 16.3. The average molecular weight is 463 g/mol. The number of aromatic nitrogens is 1. The lowest BCUT2D eigenvalue weighted by Gasteiger charge is -2.19. The third-order valence-corrected chi connectivity index (χ3v) is 5.89. The zero-order valence-corrected chi connectivity index (χ0v) is 18.6. The molecule has 0 saturated carbocycles. The molecule has 0 bridgehead atoms. The molecular formula is C25H23N2O7-. The second-order valence-electron chi connectivity index (χ2n) is 8.04. The van der Waals surface area contributed by atoms with Gasteiger partial charge in [-0.25, -0.2) is 4.79 Å². The topological polar surface area (TPSA) is 145 Å². The van der Waals surface area contributed by atoms with Gasteiger partial charge in [0.05, 0.1) is 19.1 Å². The Balaban J connectivity index is 1.47. The highest BCUT2D eigenvalue weighted by Gasteiger charge is 2.18. The van der Waals surface area contributed by atoms with E-state index in [1.54, 1.807) is 37.4 Å². The van der Waals surface area contributed by atoms with Crippen LogP contribution in [-0.4, -0.2) is 35.1 Å². The number of phenols is 1. The molecule has 3 N–H and O–H groups in total. The van der Waals surface area contributed by atoms with Crippen molar-refractivity contribution in [2.45, 2.75) is 32.2 Å². The van der Waals surface area contributed by atoms with Gasteiger partial charge in [0.1, 0.15) is 17.1 Å². The molecule has 2 heterocycles. The number of carbonyl (C=O) groups is 2. The number of methoxy groups -OCH3 is 1. The summed E-state index contributed by atoms with van der Waals surface area (Å²) >= 11 is 0. The molecule has 2 aromatic heterocycles. The Morgan fingerprint density at radius 1 is 1.21 bits per heavy atom. The zero-order valence-electron chi connectivity index (χ0n) is 18.6. The van der Waals surface area contributed by atoms with E-state index in [0.717, 1.165) is 10.9 Å². The molecule has 4 rings (SSSR count). The molecule has 0 aliphatic heterocycles. The van der Waals surface area contributed by atoms with Gasteiger partial charge < -0.3 is 34.5 Å². The minimum atomic E-state index is -1.43. The summed E-state index contributed by atoms with van der Waals surface area (Å²) in [5.74, 6) is -1.37. The second kappa shape index (κ2) is 9.30. The SMILES string of the molecule is COc1ccc2c(C)c(CCC(=O)N[C@H](Cc3c[nH]c4ccc(O)cc34)C(=O)[O-])c(=O)oc2c1. The number of carboxylic acid groups (broad SMARTS) is 1. The Hall–Kier alpha value is -4.27. The number of fused-ring (bicyclic) bond motifs is 2. The van der Waals surface area contributed by atoms with Crippen LogP contribution in [0.15, 0.2) is 51.8 Å². The average Bonchev–Trinajstić information content (AvgIpc) is 3.19. The molecule has 176 valence electrons. The monoisotopic (exact) mass is 463 g/mol. The number of phenolic OH excluding ortho intramolecular Hbond substituents is 1. The molecule has 0 fully saturated rings. The molecule has 0 spiro atoms. The van der Waals surface area contributed by atoms with Crippen molar-refractivity contribution in [3.05, 3.63) is 69.7 Å². The largest absolute Gasteiger partial charge is 0.548 e. The van der Waals surface area contributed by atoms with E-state index in [9.17, 15) is 24.6 Å². The van der Waals surface area contributed by atoms with Crippen LogP contribution in [-0.2, 0) is 22.4 Å². The van der Waals surface area contributed by atoms with Crippen LogP contribution in [0.25, 0.3) is 21.9 Å². The number of benzene rings is 2. The Kier molecular flexibility index (Phi) is 6.27. The molecule has 9 heteroatoms. The predicted octanol–water partition coefficient (Wildman–Crippen LogP) is 1.71. The maximum atomic E-state index is 12.5. The van der Waals surface area contributed by atoms with Crippen LogP contribution in [0.2, 0.25) is 0 Å². The lowest BCUT2D eigenvalue weighted by Crippen LogP contribution is -2.49. The molecular weight excluding hydrogens is 440 g/mol. The van der Waals surface area contributed by atoms with Crippen LogP contribution >= 0.6 is 0 Å². The van der Waals surface area contributed by atoms with Gasteiger partial charge in [0.2, 0.25) is 5.91 Å². The van der Waals surface area contributed by atoms with Gasteiger partial charge in [0, 0.05) is 47.0 Å². The molecule has 0 unspecified atom stereocenters. The van der Waals surface area contributed by atoms with Crippen LogP contribution in [0.5, 0.6) is 11.5 Å². The third kappa shape index (κ3) is 4.59. The number of aromatic amines is 1. The van der Waals surface area contributed by atoms with Crippen LogP contribution in [0.3, 0.4) is 0 Å². The molecule has 34 heavy (non-hydrogen) atoms. The number of aryl methyl sites for hydroxylation is 1. The van der Waals surface area contributed by atoms with Crippen molar-refractivity contribution >= 4 is 33.7 Å². The minimum absolute atomic E-state index is 0.0312. The number of ether oxygens (including phenoxy) is 1. The van der Waals surface area contributed by atoms with E-state index in [-0.39, 0.29) is 25.0 Å². The Morgan fingerprint density at radius 2 is 2.00 bits per heavy atom. The highest BCUT2D eigenvalue weighted by molar-refractivity contribution is 5.87. The van der Waals surface area contributed by atoms with Crippen molar-refractivity contribution in [3.8, 4) is 11.5 Å². The van der Waals surface area contributed by atoms with Gasteiger partial charge in [-0.1, -0.05) is 0 Å². The van der Waals surface area contributed by atoms with Crippen LogP contribution in [0.1, 0.15) is 23.1 Å². The lowest BCUT2D eigenvalue weighted by molar-refractivity contribution is -0.308. The normalized spacial score (nSPS) is 12.1. The van der Waals surface area contributed by atoms with E-state index < -0.39 is 23.5 Å². The Morgan fingerprint density at radius 3 is 2.74 bits per heavy atom. The number of nitrogens with one attached hydrogen (secondary N) is 2. The first-order valence-electron chi connectivity index (χ1n) is 10.7. The number of rotatable bonds is 8. The van der Waals surface area contributed by atoms with Crippen molar-refractivity contribution in [3.63, 3.8) is 0 Å². The van der Waals surface area contributed by atoms with Gasteiger partial charge in [0.15, 0.2) is 0 Å². The number of aromatic hydroxyl groups is 1. The summed E-state index contributed by atoms with van der Waals surface area (Å²) in [4.78, 5) is 39.7. The molecule has 0 aliphatic rings. The van der Waals surface area contributed by atoms with Crippen molar-refractivity contribution in [1.82, 2.24) is 10.3 Å². The highest BCUT2D eigenvalue weighted by atomic mass is 16.5. The summed E-state index contributed by atoms with van der Waals surface area (Å²) in [7, 11) is 1.52.